The molecule has 0 spiro atoms. The molecule has 0 aliphatic carbocycles. The van der Waals surface area contributed by atoms with Gasteiger partial charge in [0.1, 0.15) is 0 Å². The van der Waals surface area contributed by atoms with Gasteiger partial charge in [-0.3, -0.25) is 9.41 Å². The maximum atomic E-state index is 8.88. The zero-order valence-electron chi connectivity index (χ0n) is 3.01. The van der Waals surface area contributed by atoms with E-state index >= 15 is 0 Å². The first-order chi connectivity index (χ1) is 2.00. The Kier molecular flexibility index (Phi) is 22.2. The summed E-state index contributed by atoms with van der Waals surface area (Å²) < 4.78 is 8.88. The van der Waals surface area contributed by atoms with E-state index in [0.29, 0.717) is 0 Å². The van der Waals surface area contributed by atoms with E-state index in [1.165, 1.54) is 0 Å². The summed E-state index contributed by atoms with van der Waals surface area (Å²) in [6.07, 6.45) is 0. The molecule has 0 saturated carbocycles. The van der Waals surface area contributed by atoms with Crippen molar-refractivity contribution in [1.29, 1.82) is 0 Å². The minimum atomic E-state index is -4.64. The first kappa shape index (κ1) is 23.5. The van der Waals surface area contributed by atoms with Crippen LogP contribution in [0.5, 0.6) is 0 Å². The average Bonchev–Trinajstić information content (AvgIpc) is 0.722. The molecule has 0 aromatic heterocycles. The molecule has 50 valence electrons. The molecule has 0 aliphatic heterocycles. The molecule has 0 saturated heterocycles. The van der Waals surface area contributed by atoms with Gasteiger partial charge in [-0.05, 0) is 0 Å². The third kappa shape index (κ3) is 632. The van der Waals surface area contributed by atoms with Gasteiger partial charge in [0, 0.05) is 0 Å². The van der Waals surface area contributed by atoms with E-state index in [0.717, 1.165) is 0 Å². The van der Waals surface area contributed by atoms with Crippen molar-refractivity contribution in [2.75, 3.05) is 0 Å². The van der Waals surface area contributed by atoms with Gasteiger partial charge in [0.15, 0.2) is 0 Å². The van der Waals surface area contributed by atoms with Gasteiger partial charge >= 0.3 is 26.7 Å². The number of halogens is 2. The van der Waals surface area contributed by atoms with Gasteiger partial charge in [-0.15, -0.1) is 0 Å². The summed E-state index contributed by atoms with van der Waals surface area (Å²) in [5, 5.41) is 0. The van der Waals surface area contributed by atoms with Gasteiger partial charge in [-0.2, -0.15) is 0 Å². The van der Waals surface area contributed by atoms with Crippen molar-refractivity contribution in [1.82, 2.24) is 0 Å². The van der Waals surface area contributed by atoms with Crippen molar-refractivity contribution in [3.63, 3.8) is 0 Å². The second-order valence-electron chi connectivity index (χ2n) is 0.513. The van der Waals surface area contributed by atoms with Crippen LogP contribution >= 0.6 is 7.82 Å². The van der Waals surface area contributed by atoms with Crippen LogP contribution in [-0.4, -0.2) is 33.5 Å². The van der Waals surface area contributed by atoms with Crippen molar-refractivity contribution in [2.24, 2.45) is 0 Å². The fourth-order valence-corrected chi connectivity index (χ4v) is 0. The topological polar surface area (TPSA) is 77.8 Å². The second-order valence-corrected chi connectivity index (χ2v) is 1.54. The van der Waals surface area contributed by atoms with E-state index in [1.807, 2.05) is 0 Å². The summed E-state index contributed by atoms with van der Waals surface area (Å²) in [4.78, 5) is 21.6. The molecule has 0 aromatic rings. The van der Waals surface area contributed by atoms with Crippen molar-refractivity contribution >= 4 is 26.7 Å². The molecule has 0 heterocycles. The quantitative estimate of drug-likeness (QED) is 0.294. The predicted octanol–water partition coefficient (Wildman–Crippen LogP) is -1.27. The third-order valence-corrected chi connectivity index (χ3v) is 0. The van der Waals surface area contributed by atoms with Crippen LogP contribution < -0.4 is 0 Å². The van der Waals surface area contributed by atoms with Gasteiger partial charge in [0.2, 0.25) is 0 Å². The molecule has 8 heteroatoms. The number of hydrogen-bond donors (Lipinski definition) is 3. The Hall–Kier alpha value is 0.567. The van der Waals surface area contributed by atoms with Gasteiger partial charge in [0.25, 0.3) is 0 Å². The molecule has 0 unspecified atom stereocenters. The van der Waals surface area contributed by atoms with E-state index < -0.39 is 7.82 Å². The van der Waals surface area contributed by atoms with E-state index in [1.54, 1.807) is 0 Å². The summed E-state index contributed by atoms with van der Waals surface area (Å²) >= 11 is 0. The molecule has 0 fully saturated rings. The molecule has 0 atom stereocenters. The summed E-state index contributed by atoms with van der Waals surface area (Å²) in [6, 6.07) is 0. The summed E-state index contributed by atoms with van der Waals surface area (Å²) in [6.45, 7) is 0. The van der Waals surface area contributed by atoms with Gasteiger partial charge in [-0.1, -0.05) is 0 Å². The first-order valence-electron chi connectivity index (χ1n) is 0.783. The van der Waals surface area contributed by atoms with Crippen molar-refractivity contribution < 1.29 is 28.7 Å². The molecule has 4 nitrogen and oxygen atoms in total. The van der Waals surface area contributed by atoms with Crippen LogP contribution in [0.2, 0.25) is 0 Å². The Morgan fingerprint density at radius 1 is 1.00 bits per heavy atom. The molecule has 0 aromatic carbocycles. The van der Waals surface area contributed by atoms with E-state index in [-0.39, 0.29) is 28.3 Å². The Morgan fingerprint density at radius 2 is 1.00 bits per heavy atom. The second kappa shape index (κ2) is 7.57. The average molecular weight is 146 g/mol. The number of rotatable bonds is 0. The summed E-state index contributed by atoms with van der Waals surface area (Å²) in [5.74, 6) is 0. The van der Waals surface area contributed by atoms with E-state index in [9.17, 15) is 0 Å². The Morgan fingerprint density at radius 3 is 1.00 bits per heavy atom. The Bertz CT molecular complexity index is 60.2. The molecule has 0 radical (unpaired) electrons. The van der Waals surface area contributed by atoms with Crippen LogP contribution in [0.4, 0.5) is 9.41 Å². The van der Waals surface area contributed by atoms with Crippen LogP contribution in [0, 0.1) is 0 Å². The van der Waals surface area contributed by atoms with Gasteiger partial charge in [-0.25, -0.2) is 4.57 Å². The van der Waals surface area contributed by atoms with Crippen molar-refractivity contribution in [3.8, 4) is 0 Å². The molecular formula is H6F2LiO4P. The van der Waals surface area contributed by atoms with Crippen LogP contribution in [0.25, 0.3) is 0 Å². The third-order valence-electron chi connectivity index (χ3n) is 0. The zero-order valence-corrected chi connectivity index (χ0v) is 3.91. The molecule has 3 N–H and O–H groups in total. The van der Waals surface area contributed by atoms with Crippen molar-refractivity contribution in [2.45, 2.75) is 0 Å². The van der Waals surface area contributed by atoms with E-state index in [4.69, 9.17) is 19.2 Å². The fourth-order valence-electron chi connectivity index (χ4n) is 0. The normalized spacial score (nSPS) is 7.38. The zero-order chi connectivity index (χ0) is 4.50. The number of hydrogen-bond acceptors (Lipinski definition) is 1. The molecular weight excluding hydrogens is 140 g/mol. The van der Waals surface area contributed by atoms with Crippen LogP contribution in [0.15, 0.2) is 0 Å². The maximum absolute atomic E-state index is 8.88. The van der Waals surface area contributed by atoms with Crippen LogP contribution in [-0.2, 0) is 4.57 Å². The molecule has 8 heavy (non-hydrogen) atoms. The Balaban J connectivity index is -0.0000000267. The molecule has 0 aliphatic rings. The summed E-state index contributed by atoms with van der Waals surface area (Å²) in [5.41, 5.74) is 0. The van der Waals surface area contributed by atoms with Gasteiger partial charge < -0.3 is 14.7 Å². The predicted molar refractivity (Wildman–Crippen MR) is 26.4 cm³/mol. The number of phosphoric acid groups is 1. The monoisotopic (exact) mass is 146 g/mol. The Labute approximate surface area is 56.1 Å². The van der Waals surface area contributed by atoms with Gasteiger partial charge in [0.05, 0.1) is 0 Å². The van der Waals surface area contributed by atoms with Crippen molar-refractivity contribution in [3.05, 3.63) is 0 Å². The SMILES string of the molecule is F.F.O=P(O)(O)O.[LiH]. The molecule has 0 rings (SSSR count). The van der Waals surface area contributed by atoms with Crippen LogP contribution in [0.3, 0.4) is 0 Å². The molecule has 0 bridgehead atoms. The molecule has 0 amide bonds. The summed E-state index contributed by atoms with van der Waals surface area (Å²) in [7, 11) is -4.64. The first-order valence-corrected chi connectivity index (χ1v) is 2.35. The minimum absolute atomic E-state index is 0. The standard InChI is InChI=1S/2FH.Li.H3O4P.H/c;;;1-5(2,3)4;/h2*1H;;(H3,1,2,3,4);. The van der Waals surface area contributed by atoms with Crippen LogP contribution in [0.1, 0.15) is 0 Å². The fraction of sp³-hybridized carbons (Fsp3) is 0. The van der Waals surface area contributed by atoms with E-state index in [2.05, 4.69) is 0 Å².